The second kappa shape index (κ2) is 5.70. The minimum atomic E-state index is 0.456. The zero-order valence-electron chi connectivity index (χ0n) is 12.4. The predicted octanol–water partition coefficient (Wildman–Crippen LogP) is 4.98. The second-order valence-corrected chi connectivity index (χ2v) is 6.24. The average Bonchev–Trinajstić information content (AvgIpc) is 2.46. The summed E-state index contributed by atoms with van der Waals surface area (Å²) in [6.45, 7) is 4.56. The van der Waals surface area contributed by atoms with Crippen LogP contribution in [0, 0.1) is 5.92 Å². The number of rotatable bonds is 3. The van der Waals surface area contributed by atoms with Crippen molar-refractivity contribution in [3.63, 3.8) is 0 Å². The molecule has 20 heavy (non-hydrogen) atoms. The van der Waals surface area contributed by atoms with Crippen LogP contribution in [0.1, 0.15) is 43.0 Å². The van der Waals surface area contributed by atoms with Crippen LogP contribution in [-0.4, -0.2) is 0 Å². The summed E-state index contributed by atoms with van der Waals surface area (Å²) in [7, 11) is 0. The van der Waals surface area contributed by atoms with E-state index in [2.05, 4.69) is 67.7 Å². The molecule has 1 heteroatoms. The van der Waals surface area contributed by atoms with Gasteiger partial charge in [-0.2, -0.15) is 0 Å². The maximum Gasteiger partial charge on any atom is 0.0517 e. The van der Waals surface area contributed by atoms with Crippen LogP contribution in [-0.2, 0) is 12.8 Å². The van der Waals surface area contributed by atoms with E-state index in [0.717, 1.165) is 6.42 Å². The van der Waals surface area contributed by atoms with E-state index >= 15 is 0 Å². The molecule has 1 atom stereocenters. The first-order valence-corrected chi connectivity index (χ1v) is 7.65. The Kier molecular flexibility index (Phi) is 3.77. The van der Waals surface area contributed by atoms with Crippen LogP contribution < -0.4 is 5.32 Å². The number of benzene rings is 2. The quantitative estimate of drug-likeness (QED) is 0.825. The first-order valence-electron chi connectivity index (χ1n) is 7.65. The highest BCUT2D eigenvalue weighted by Crippen LogP contribution is 2.32. The van der Waals surface area contributed by atoms with Crippen LogP contribution in [0.2, 0.25) is 0 Å². The number of hydrogen-bond acceptors (Lipinski definition) is 1. The number of fused-ring (bicyclic) bond motifs is 1. The van der Waals surface area contributed by atoms with Crippen LogP contribution in [0.4, 0.5) is 5.69 Å². The van der Waals surface area contributed by atoms with Gasteiger partial charge in [0.25, 0.3) is 0 Å². The van der Waals surface area contributed by atoms with Crippen molar-refractivity contribution in [1.29, 1.82) is 0 Å². The molecule has 2 aromatic rings. The fourth-order valence-electron chi connectivity index (χ4n) is 3.10. The van der Waals surface area contributed by atoms with Gasteiger partial charge in [-0.3, -0.25) is 0 Å². The molecule has 2 aromatic carbocycles. The summed E-state index contributed by atoms with van der Waals surface area (Å²) in [4.78, 5) is 0. The molecule has 104 valence electrons. The van der Waals surface area contributed by atoms with Gasteiger partial charge in [-0.1, -0.05) is 56.3 Å². The Morgan fingerprint density at radius 1 is 1.10 bits per heavy atom. The summed E-state index contributed by atoms with van der Waals surface area (Å²) < 4.78 is 0. The van der Waals surface area contributed by atoms with E-state index < -0.39 is 0 Å². The highest BCUT2D eigenvalue weighted by Gasteiger charge is 2.18. The Morgan fingerprint density at radius 3 is 2.80 bits per heavy atom. The Bertz CT molecular complexity index is 586. The number of aryl methyl sites for hydroxylation is 1. The molecule has 0 amide bonds. The molecule has 0 spiro atoms. The minimum absolute atomic E-state index is 0.456. The van der Waals surface area contributed by atoms with Gasteiger partial charge in [-0.25, -0.2) is 0 Å². The van der Waals surface area contributed by atoms with Gasteiger partial charge in [-0.05, 0) is 47.9 Å². The lowest BCUT2D eigenvalue weighted by molar-refractivity contribution is 0.640. The third-order valence-electron chi connectivity index (χ3n) is 4.05. The Morgan fingerprint density at radius 2 is 1.95 bits per heavy atom. The second-order valence-electron chi connectivity index (χ2n) is 6.24. The molecule has 0 aliphatic carbocycles. The molecule has 1 nitrogen and oxygen atoms in total. The monoisotopic (exact) mass is 265 g/mol. The third kappa shape index (κ3) is 2.87. The van der Waals surface area contributed by atoms with E-state index in [1.54, 1.807) is 0 Å². The number of para-hydroxylation sites is 1. The molecule has 3 rings (SSSR count). The highest BCUT2D eigenvalue weighted by molar-refractivity contribution is 5.55. The molecule has 0 bridgehead atoms. The summed E-state index contributed by atoms with van der Waals surface area (Å²) in [5.74, 6) is 0.713. The predicted molar refractivity (Wildman–Crippen MR) is 86.1 cm³/mol. The summed E-state index contributed by atoms with van der Waals surface area (Å²) >= 11 is 0. The van der Waals surface area contributed by atoms with Gasteiger partial charge < -0.3 is 5.32 Å². The van der Waals surface area contributed by atoms with Gasteiger partial charge in [0.15, 0.2) is 0 Å². The molecule has 0 saturated heterocycles. The summed E-state index contributed by atoms with van der Waals surface area (Å²) in [5, 5.41) is 3.69. The standard InChI is InChI=1S/C19H23N/c1-14(2)12-15-6-5-8-17(13-15)19-11-10-16-7-3-4-9-18(16)20-19/h3-9,13-14,19-20H,10-12H2,1-2H3. The lowest BCUT2D eigenvalue weighted by atomic mass is 9.91. The zero-order valence-corrected chi connectivity index (χ0v) is 12.4. The van der Waals surface area contributed by atoms with E-state index in [9.17, 15) is 0 Å². The van der Waals surface area contributed by atoms with E-state index in [0.29, 0.717) is 12.0 Å². The van der Waals surface area contributed by atoms with Gasteiger partial charge in [0.05, 0.1) is 6.04 Å². The number of hydrogen-bond donors (Lipinski definition) is 1. The highest BCUT2D eigenvalue weighted by atomic mass is 14.9. The molecule has 0 aromatic heterocycles. The van der Waals surface area contributed by atoms with Crippen molar-refractivity contribution in [1.82, 2.24) is 0 Å². The van der Waals surface area contributed by atoms with E-state index in [-0.39, 0.29) is 0 Å². The molecule has 1 N–H and O–H groups in total. The van der Waals surface area contributed by atoms with Gasteiger partial charge in [0, 0.05) is 5.69 Å². The van der Waals surface area contributed by atoms with Crippen LogP contribution in [0.25, 0.3) is 0 Å². The molecular formula is C19H23N. The van der Waals surface area contributed by atoms with Crippen LogP contribution >= 0.6 is 0 Å². The van der Waals surface area contributed by atoms with Gasteiger partial charge in [-0.15, -0.1) is 0 Å². The van der Waals surface area contributed by atoms with Crippen molar-refractivity contribution in [3.8, 4) is 0 Å². The topological polar surface area (TPSA) is 12.0 Å². The Labute approximate surface area is 122 Å². The van der Waals surface area contributed by atoms with E-state index in [4.69, 9.17) is 0 Å². The van der Waals surface area contributed by atoms with Crippen LogP contribution in [0.15, 0.2) is 48.5 Å². The average molecular weight is 265 g/mol. The van der Waals surface area contributed by atoms with Crippen molar-refractivity contribution in [2.75, 3.05) is 5.32 Å². The summed E-state index contributed by atoms with van der Waals surface area (Å²) in [5.41, 5.74) is 5.64. The Hall–Kier alpha value is -1.76. The van der Waals surface area contributed by atoms with Crippen LogP contribution in [0.3, 0.4) is 0 Å². The molecular weight excluding hydrogens is 242 g/mol. The lowest BCUT2D eigenvalue weighted by Gasteiger charge is -2.27. The molecule has 1 aliphatic heterocycles. The fraction of sp³-hybridized carbons (Fsp3) is 0.368. The molecule has 0 radical (unpaired) electrons. The van der Waals surface area contributed by atoms with Gasteiger partial charge >= 0.3 is 0 Å². The summed E-state index contributed by atoms with van der Waals surface area (Å²) in [6, 6.07) is 18.2. The lowest BCUT2D eigenvalue weighted by Crippen LogP contribution is -2.18. The van der Waals surface area contributed by atoms with E-state index in [1.807, 2.05) is 0 Å². The van der Waals surface area contributed by atoms with Crippen molar-refractivity contribution < 1.29 is 0 Å². The van der Waals surface area contributed by atoms with Gasteiger partial charge in [0.2, 0.25) is 0 Å². The molecule has 1 heterocycles. The zero-order chi connectivity index (χ0) is 13.9. The maximum absolute atomic E-state index is 3.69. The molecule has 0 saturated carbocycles. The molecule has 1 unspecified atom stereocenters. The van der Waals surface area contributed by atoms with Gasteiger partial charge in [0.1, 0.15) is 0 Å². The number of nitrogens with one attached hydrogen (secondary N) is 1. The SMILES string of the molecule is CC(C)Cc1cccc(C2CCc3ccccc3N2)c1. The smallest absolute Gasteiger partial charge is 0.0517 e. The first-order chi connectivity index (χ1) is 9.72. The minimum Gasteiger partial charge on any atom is -0.378 e. The maximum atomic E-state index is 3.69. The largest absolute Gasteiger partial charge is 0.378 e. The third-order valence-corrected chi connectivity index (χ3v) is 4.05. The summed E-state index contributed by atoms with van der Waals surface area (Å²) in [6.07, 6.45) is 3.52. The molecule has 1 aliphatic rings. The Balaban J connectivity index is 1.81. The van der Waals surface area contributed by atoms with Crippen LogP contribution in [0.5, 0.6) is 0 Å². The van der Waals surface area contributed by atoms with Crippen molar-refractivity contribution >= 4 is 5.69 Å². The van der Waals surface area contributed by atoms with Crippen molar-refractivity contribution in [2.24, 2.45) is 5.92 Å². The van der Waals surface area contributed by atoms with E-state index in [1.165, 1.54) is 35.2 Å². The number of anilines is 1. The molecule has 0 fully saturated rings. The normalized spacial score (nSPS) is 17.6. The van der Waals surface area contributed by atoms with Crippen molar-refractivity contribution in [3.05, 3.63) is 65.2 Å². The fourth-order valence-corrected chi connectivity index (χ4v) is 3.10. The van der Waals surface area contributed by atoms with Crippen molar-refractivity contribution in [2.45, 2.75) is 39.2 Å². The first kappa shape index (κ1) is 13.2.